The van der Waals surface area contributed by atoms with Gasteiger partial charge in [0.15, 0.2) is 0 Å². The van der Waals surface area contributed by atoms with Gasteiger partial charge in [-0.15, -0.1) is 0 Å². The van der Waals surface area contributed by atoms with Crippen LogP contribution in [0.3, 0.4) is 0 Å². The van der Waals surface area contributed by atoms with Gasteiger partial charge in [-0.25, -0.2) is 0 Å². The predicted octanol–water partition coefficient (Wildman–Crippen LogP) is 5.20. The highest BCUT2D eigenvalue weighted by atomic mass is 19.4. The third-order valence-corrected chi connectivity index (χ3v) is 4.98. The van der Waals surface area contributed by atoms with E-state index in [9.17, 15) is 18.0 Å². The molecular formula is C25H21F3N4O2. The van der Waals surface area contributed by atoms with E-state index < -0.39 is 17.6 Å². The van der Waals surface area contributed by atoms with E-state index in [0.717, 1.165) is 18.4 Å². The van der Waals surface area contributed by atoms with Crippen LogP contribution in [-0.2, 0) is 11.0 Å². The van der Waals surface area contributed by atoms with Crippen LogP contribution in [0, 0.1) is 6.92 Å². The number of aromatic nitrogens is 1. The molecule has 34 heavy (non-hydrogen) atoms. The van der Waals surface area contributed by atoms with E-state index in [0.29, 0.717) is 29.3 Å². The summed E-state index contributed by atoms with van der Waals surface area (Å²) in [5.74, 6) is 1.31. The molecule has 1 aliphatic heterocycles. The van der Waals surface area contributed by atoms with Crippen LogP contribution in [-0.4, -0.2) is 29.8 Å². The highest BCUT2D eigenvalue weighted by Gasteiger charge is 2.32. The molecule has 0 atom stereocenters. The van der Waals surface area contributed by atoms with Crippen molar-refractivity contribution in [3.05, 3.63) is 89.3 Å². The number of pyridine rings is 1. The monoisotopic (exact) mass is 466 g/mol. The number of alkyl halides is 3. The van der Waals surface area contributed by atoms with Crippen LogP contribution in [0.1, 0.15) is 22.4 Å². The van der Waals surface area contributed by atoms with Crippen molar-refractivity contribution in [2.45, 2.75) is 13.1 Å². The Morgan fingerprint density at radius 3 is 2.71 bits per heavy atom. The van der Waals surface area contributed by atoms with E-state index in [1.54, 1.807) is 48.7 Å². The van der Waals surface area contributed by atoms with Gasteiger partial charge in [0.2, 0.25) is 5.91 Å². The molecule has 1 amide bonds. The second-order valence-corrected chi connectivity index (χ2v) is 7.56. The molecule has 0 spiro atoms. The van der Waals surface area contributed by atoms with Crippen molar-refractivity contribution in [2.24, 2.45) is 4.99 Å². The van der Waals surface area contributed by atoms with Crippen molar-refractivity contribution >= 4 is 23.5 Å². The summed E-state index contributed by atoms with van der Waals surface area (Å²) in [4.78, 5) is 20.9. The zero-order chi connectivity index (χ0) is 24.1. The number of nitrogens with zero attached hydrogens (tertiary/aromatic N) is 2. The van der Waals surface area contributed by atoms with E-state index in [4.69, 9.17) is 4.74 Å². The number of hydrogen-bond acceptors (Lipinski definition) is 5. The number of halogens is 3. The fourth-order valence-electron chi connectivity index (χ4n) is 3.35. The lowest BCUT2D eigenvalue weighted by atomic mass is 10.1. The average Bonchev–Trinajstić information content (AvgIpc) is 3.34. The molecular weight excluding hydrogens is 445 g/mol. The normalized spacial score (nSPS) is 13.5. The minimum atomic E-state index is -4.49. The molecule has 0 unspecified atom stereocenters. The first-order valence-corrected chi connectivity index (χ1v) is 10.5. The van der Waals surface area contributed by atoms with Crippen molar-refractivity contribution in [1.82, 2.24) is 10.3 Å². The van der Waals surface area contributed by atoms with Gasteiger partial charge >= 0.3 is 6.18 Å². The smallest absolute Gasteiger partial charge is 0.416 e. The Balaban J connectivity index is 1.42. The highest BCUT2D eigenvalue weighted by Crippen LogP contribution is 2.33. The minimum absolute atomic E-state index is 0.0690. The topological polar surface area (TPSA) is 75.6 Å². The van der Waals surface area contributed by atoms with Gasteiger partial charge in [0.05, 0.1) is 12.1 Å². The molecule has 0 saturated carbocycles. The van der Waals surface area contributed by atoms with Crippen molar-refractivity contribution in [1.29, 1.82) is 0 Å². The maximum atomic E-state index is 13.1. The second-order valence-electron chi connectivity index (χ2n) is 7.56. The third kappa shape index (κ3) is 5.80. The standard InChI is InChI=1S/C25H21F3N4O2/c1-16-5-7-18(14-21(16)25(26,27)28)32-23(33)8-6-17-3-2-4-19(13-17)34-20-9-10-29-22(15-20)24-30-11-12-31-24/h2-10,13-15H,11-12H2,1H3,(H,30,31)(H,32,33)/b8-6+. The maximum absolute atomic E-state index is 13.1. The minimum Gasteiger partial charge on any atom is -0.457 e. The first-order valence-electron chi connectivity index (χ1n) is 10.5. The zero-order valence-electron chi connectivity index (χ0n) is 18.2. The molecule has 4 rings (SSSR count). The van der Waals surface area contributed by atoms with Gasteiger partial charge in [0.25, 0.3) is 0 Å². The lowest BCUT2D eigenvalue weighted by Gasteiger charge is -2.12. The van der Waals surface area contributed by atoms with Crippen LogP contribution < -0.4 is 15.4 Å². The molecule has 9 heteroatoms. The number of benzene rings is 2. The van der Waals surface area contributed by atoms with Crippen LogP contribution in [0.2, 0.25) is 0 Å². The van der Waals surface area contributed by atoms with E-state index >= 15 is 0 Å². The molecule has 0 aliphatic carbocycles. The van der Waals surface area contributed by atoms with Crippen molar-refractivity contribution < 1.29 is 22.7 Å². The Bertz CT molecular complexity index is 1270. The Kier molecular flexibility index (Phi) is 6.62. The van der Waals surface area contributed by atoms with Gasteiger partial charge in [-0.1, -0.05) is 18.2 Å². The number of ether oxygens (including phenoxy) is 1. The van der Waals surface area contributed by atoms with Crippen LogP contribution in [0.4, 0.5) is 18.9 Å². The zero-order valence-corrected chi connectivity index (χ0v) is 18.2. The van der Waals surface area contributed by atoms with Crippen LogP contribution in [0.25, 0.3) is 6.08 Å². The Morgan fingerprint density at radius 1 is 1.12 bits per heavy atom. The Hall–Kier alpha value is -4.14. The van der Waals surface area contributed by atoms with Gasteiger partial charge in [-0.05, 0) is 54.5 Å². The van der Waals surface area contributed by atoms with E-state index in [-0.39, 0.29) is 11.3 Å². The van der Waals surface area contributed by atoms with E-state index in [2.05, 4.69) is 20.6 Å². The first kappa shape index (κ1) is 23.0. The number of carbonyl (C=O) groups is 1. The second kappa shape index (κ2) is 9.78. The van der Waals surface area contributed by atoms with Crippen molar-refractivity contribution in [3.63, 3.8) is 0 Å². The molecule has 0 bridgehead atoms. The molecule has 2 heterocycles. The fraction of sp³-hybridized carbons (Fsp3) is 0.160. The number of nitrogens with one attached hydrogen (secondary N) is 2. The summed E-state index contributed by atoms with van der Waals surface area (Å²) in [6.45, 7) is 2.85. The molecule has 3 aromatic rings. The summed E-state index contributed by atoms with van der Waals surface area (Å²) >= 11 is 0. The first-order chi connectivity index (χ1) is 16.3. The molecule has 0 radical (unpaired) electrons. The summed E-state index contributed by atoms with van der Waals surface area (Å²) < 4.78 is 45.2. The summed E-state index contributed by atoms with van der Waals surface area (Å²) in [5, 5.41) is 5.62. The van der Waals surface area contributed by atoms with E-state index in [1.807, 2.05) is 0 Å². The number of rotatable bonds is 6. The number of amides is 1. The molecule has 1 aromatic heterocycles. The van der Waals surface area contributed by atoms with Gasteiger partial charge in [0.1, 0.15) is 23.0 Å². The number of aryl methyl sites for hydroxylation is 1. The molecule has 2 N–H and O–H groups in total. The van der Waals surface area contributed by atoms with Crippen LogP contribution in [0.15, 0.2) is 71.9 Å². The highest BCUT2D eigenvalue weighted by molar-refractivity contribution is 6.02. The number of anilines is 1. The van der Waals surface area contributed by atoms with Gasteiger partial charge < -0.3 is 15.4 Å². The van der Waals surface area contributed by atoms with Crippen LogP contribution in [0.5, 0.6) is 11.5 Å². The van der Waals surface area contributed by atoms with E-state index in [1.165, 1.54) is 25.1 Å². The maximum Gasteiger partial charge on any atom is 0.416 e. The lowest BCUT2D eigenvalue weighted by Crippen LogP contribution is -2.20. The SMILES string of the molecule is Cc1ccc(NC(=O)/C=C/c2cccc(Oc3ccnc(C4=NCCN4)c3)c2)cc1C(F)(F)F. The van der Waals surface area contributed by atoms with Gasteiger partial charge in [-0.2, -0.15) is 13.2 Å². The Morgan fingerprint density at radius 2 is 1.94 bits per heavy atom. The van der Waals surface area contributed by atoms with Crippen LogP contribution >= 0.6 is 0 Å². The molecule has 0 fully saturated rings. The number of aliphatic imine (C=N–C) groups is 1. The molecule has 6 nitrogen and oxygen atoms in total. The number of carbonyl (C=O) groups excluding carboxylic acids is 1. The predicted molar refractivity (Wildman–Crippen MR) is 124 cm³/mol. The molecule has 0 saturated heterocycles. The Labute approximate surface area is 194 Å². The van der Waals surface area contributed by atoms with Crippen molar-refractivity contribution in [2.75, 3.05) is 18.4 Å². The van der Waals surface area contributed by atoms with Crippen molar-refractivity contribution in [3.8, 4) is 11.5 Å². The number of hydrogen-bond donors (Lipinski definition) is 2. The largest absolute Gasteiger partial charge is 0.457 e. The summed E-state index contributed by atoms with van der Waals surface area (Å²) in [6.07, 6.45) is -0.0504. The summed E-state index contributed by atoms with van der Waals surface area (Å²) in [6, 6.07) is 14.2. The summed E-state index contributed by atoms with van der Waals surface area (Å²) in [5.41, 5.74) is 0.747. The average molecular weight is 466 g/mol. The molecule has 1 aliphatic rings. The van der Waals surface area contributed by atoms with Gasteiger partial charge in [0, 0.05) is 30.6 Å². The fourth-order valence-corrected chi connectivity index (χ4v) is 3.35. The molecule has 2 aromatic carbocycles. The third-order valence-electron chi connectivity index (χ3n) is 4.98. The molecule has 174 valence electrons. The quantitative estimate of drug-likeness (QED) is 0.490. The summed E-state index contributed by atoms with van der Waals surface area (Å²) in [7, 11) is 0. The van der Waals surface area contributed by atoms with Gasteiger partial charge in [-0.3, -0.25) is 14.8 Å². The lowest BCUT2D eigenvalue weighted by molar-refractivity contribution is -0.138. The number of amidine groups is 1.